The number of nitrogens with zero attached hydrogens (tertiary/aromatic N) is 3. The summed E-state index contributed by atoms with van der Waals surface area (Å²) in [5.41, 5.74) is 0.888. The molecule has 124 valence electrons. The van der Waals surface area contributed by atoms with E-state index in [-0.39, 0.29) is 17.1 Å². The van der Waals surface area contributed by atoms with Gasteiger partial charge in [-0.25, -0.2) is 4.79 Å². The predicted molar refractivity (Wildman–Crippen MR) is 85.0 cm³/mol. The molecule has 0 amide bonds. The maximum Gasteiger partial charge on any atom is 0.358 e. The fraction of sp³-hybridized carbons (Fsp3) is 0.400. The third kappa shape index (κ3) is 3.11. The molecular formula is C15H19N3O5. The molecule has 0 atom stereocenters. The summed E-state index contributed by atoms with van der Waals surface area (Å²) in [6, 6.07) is 4.44. The number of carbonyl (C=O) groups excluding carboxylic acids is 1. The summed E-state index contributed by atoms with van der Waals surface area (Å²) in [5.74, 6) is -0.256. The fourth-order valence-electron chi connectivity index (χ4n) is 2.46. The van der Waals surface area contributed by atoms with Gasteiger partial charge < -0.3 is 18.9 Å². The second-order valence-electron chi connectivity index (χ2n) is 5.29. The van der Waals surface area contributed by atoms with E-state index in [1.54, 1.807) is 10.6 Å². The van der Waals surface area contributed by atoms with Gasteiger partial charge in [0.05, 0.1) is 24.7 Å². The van der Waals surface area contributed by atoms with Gasteiger partial charge in [0.15, 0.2) is 11.4 Å². The van der Waals surface area contributed by atoms with E-state index in [1.807, 2.05) is 19.0 Å². The molecule has 0 aliphatic heterocycles. The number of benzene rings is 1. The lowest BCUT2D eigenvalue weighted by molar-refractivity contribution is -0.384. The first-order valence-corrected chi connectivity index (χ1v) is 6.98. The second kappa shape index (κ2) is 6.66. The van der Waals surface area contributed by atoms with Crippen LogP contribution >= 0.6 is 0 Å². The Morgan fingerprint density at radius 2 is 2.04 bits per heavy atom. The molecule has 0 aliphatic rings. The smallest absolute Gasteiger partial charge is 0.358 e. The standard InChI is InChI=1S/C15H19N3O5/c1-16(2)7-8-17-12-6-5-10(18(20)21)9-11(12)14(22-3)13(17)15(19)23-4/h5-6,9H,7-8H2,1-4H3. The van der Waals surface area contributed by atoms with Gasteiger partial charge in [0.25, 0.3) is 5.69 Å². The number of likely N-dealkylation sites (N-methyl/N-ethyl adjacent to an activating group) is 1. The van der Waals surface area contributed by atoms with Crippen LogP contribution in [0.25, 0.3) is 10.9 Å². The molecule has 0 spiro atoms. The third-order valence-corrected chi connectivity index (χ3v) is 3.57. The average molecular weight is 321 g/mol. The highest BCUT2D eigenvalue weighted by Crippen LogP contribution is 2.35. The molecule has 0 saturated carbocycles. The molecule has 0 fully saturated rings. The zero-order valence-corrected chi connectivity index (χ0v) is 13.5. The summed E-state index contributed by atoms with van der Waals surface area (Å²) in [6.45, 7) is 1.21. The quantitative estimate of drug-likeness (QED) is 0.459. The predicted octanol–water partition coefficient (Wildman–Crippen LogP) is 1.91. The molecule has 1 heterocycles. The number of hydrogen-bond donors (Lipinski definition) is 0. The summed E-state index contributed by atoms with van der Waals surface area (Å²) in [7, 11) is 6.56. The van der Waals surface area contributed by atoms with Crippen molar-refractivity contribution in [3.8, 4) is 5.75 Å². The van der Waals surface area contributed by atoms with Gasteiger partial charge in [-0.15, -0.1) is 0 Å². The van der Waals surface area contributed by atoms with Crippen molar-refractivity contribution < 1.29 is 19.2 Å². The molecule has 0 bridgehead atoms. The van der Waals surface area contributed by atoms with Crippen LogP contribution in [0.4, 0.5) is 5.69 Å². The van der Waals surface area contributed by atoms with Gasteiger partial charge in [-0.05, 0) is 20.2 Å². The fourth-order valence-corrected chi connectivity index (χ4v) is 2.46. The SMILES string of the molecule is COC(=O)c1c(OC)c2cc([N+](=O)[O-])ccc2n1CCN(C)C. The summed E-state index contributed by atoms with van der Waals surface area (Å²) < 4.78 is 12.0. The molecule has 0 radical (unpaired) electrons. The lowest BCUT2D eigenvalue weighted by atomic mass is 10.2. The van der Waals surface area contributed by atoms with Gasteiger partial charge in [0.1, 0.15) is 0 Å². The highest BCUT2D eigenvalue weighted by molar-refractivity contribution is 6.02. The van der Waals surface area contributed by atoms with E-state index in [0.717, 1.165) is 0 Å². The molecule has 2 rings (SSSR count). The van der Waals surface area contributed by atoms with Crippen molar-refractivity contribution in [1.82, 2.24) is 9.47 Å². The minimum Gasteiger partial charge on any atom is -0.494 e. The average Bonchev–Trinajstić information content (AvgIpc) is 2.84. The molecule has 0 saturated heterocycles. The van der Waals surface area contributed by atoms with Gasteiger partial charge in [-0.2, -0.15) is 0 Å². The maximum atomic E-state index is 12.2. The van der Waals surface area contributed by atoms with Crippen molar-refractivity contribution in [1.29, 1.82) is 0 Å². The Morgan fingerprint density at radius 3 is 2.57 bits per heavy atom. The van der Waals surface area contributed by atoms with Crippen molar-refractivity contribution in [3.63, 3.8) is 0 Å². The summed E-state index contributed by atoms with van der Waals surface area (Å²) in [4.78, 5) is 24.7. The molecule has 0 N–H and O–H groups in total. The van der Waals surface area contributed by atoms with E-state index in [2.05, 4.69) is 0 Å². The summed E-state index contributed by atoms with van der Waals surface area (Å²) in [5, 5.41) is 11.5. The highest BCUT2D eigenvalue weighted by atomic mass is 16.6. The minimum atomic E-state index is -0.542. The Bertz CT molecular complexity index is 751. The zero-order valence-electron chi connectivity index (χ0n) is 13.5. The molecule has 1 aromatic heterocycles. The van der Waals surface area contributed by atoms with E-state index >= 15 is 0 Å². The number of fused-ring (bicyclic) bond motifs is 1. The Labute approximate surface area is 133 Å². The van der Waals surface area contributed by atoms with Gasteiger partial charge in [0.2, 0.25) is 0 Å². The van der Waals surface area contributed by atoms with E-state index in [9.17, 15) is 14.9 Å². The zero-order chi connectivity index (χ0) is 17.1. The van der Waals surface area contributed by atoms with E-state index in [1.165, 1.54) is 26.4 Å². The third-order valence-electron chi connectivity index (χ3n) is 3.57. The van der Waals surface area contributed by atoms with Crippen LogP contribution in [0, 0.1) is 10.1 Å². The topological polar surface area (TPSA) is 86.8 Å². The largest absolute Gasteiger partial charge is 0.494 e. The number of rotatable bonds is 6. The Balaban J connectivity index is 2.73. The van der Waals surface area contributed by atoms with Gasteiger partial charge in [-0.3, -0.25) is 10.1 Å². The van der Waals surface area contributed by atoms with Crippen molar-refractivity contribution in [2.45, 2.75) is 6.54 Å². The molecule has 1 aromatic carbocycles. The van der Waals surface area contributed by atoms with Gasteiger partial charge in [0, 0.05) is 30.6 Å². The monoisotopic (exact) mass is 321 g/mol. The number of non-ortho nitro benzene ring substituents is 1. The first-order valence-electron chi connectivity index (χ1n) is 6.98. The first-order chi connectivity index (χ1) is 10.9. The normalized spacial score (nSPS) is 11.0. The van der Waals surface area contributed by atoms with Crippen LogP contribution in [-0.4, -0.2) is 55.2 Å². The number of nitro benzene ring substituents is 1. The van der Waals surface area contributed by atoms with Crippen LogP contribution in [0.1, 0.15) is 10.5 Å². The number of hydrogen-bond acceptors (Lipinski definition) is 6. The second-order valence-corrected chi connectivity index (χ2v) is 5.29. The van der Waals surface area contributed by atoms with Crippen molar-refractivity contribution in [3.05, 3.63) is 34.0 Å². The van der Waals surface area contributed by atoms with Crippen LogP contribution in [0.5, 0.6) is 5.75 Å². The molecule has 2 aromatic rings. The number of carbonyl (C=O) groups is 1. The van der Waals surface area contributed by atoms with E-state index < -0.39 is 10.9 Å². The Hall–Kier alpha value is -2.61. The summed E-state index contributed by atoms with van der Waals surface area (Å²) in [6.07, 6.45) is 0. The van der Waals surface area contributed by atoms with Crippen molar-refractivity contribution >= 4 is 22.6 Å². The lowest BCUT2D eigenvalue weighted by Gasteiger charge is -2.13. The number of ether oxygens (including phenoxy) is 2. The van der Waals surface area contributed by atoms with Crippen LogP contribution in [0.2, 0.25) is 0 Å². The highest BCUT2D eigenvalue weighted by Gasteiger charge is 2.25. The molecular weight excluding hydrogens is 302 g/mol. The summed E-state index contributed by atoms with van der Waals surface area (Å²) >= 11 is 0. The van der Waals surface area contributed by atoms with Crippen LogP contribution in [0.3, 0.4) is 0 Å². The molecule has 0 unspecified atom stereocenters. The number of aromatic nitrogens is 1. The van der Waals surface area contributed by atoms with Crippen LogP contribution < -0.4 is 4.74 Å². The molecule has 23 heavy (non-hydrogen) atoms. The minimum absolute atomic E-state index is 0.0584. The van der Waals surface area contributed by atoms with Gasteiger partial charge in [-0.1, -0.05) is 0 Å². The molecule has 8 heteroatoms. The van der Waals surface area contributed by atoms with Crippen LogP contribution in [0.15, 0.2) is 18.2 Å². The van der Waals surface area contributed by atoms with E-state index in [0.29, 0.717) is 24.0 Å². The van der Waals surface area contributed by atoms with Crippen LogP contribution in [-0.2, 0) is 11.3 Å². The van der Waals surface area contributed by atoms with Crippen molar-refractivity contribution in [2.24, 2.45) is 0 Å². The molecule has 0 aliphatic carbocycles. The van der Waals surface area contributed by atoms with Gasteiger partial charge >= 0.3 is 5.97 Å². The van der Waals surface area contributed by atoms with E-state index in [4.69, 9.17) is 9.47 Å². The number of nitro groups is 1. The Kier molecular flexibility index (Phi) is 4.85. The number of methoxy groups -OCH3 is 2. The maximum absolute atomic E-state index is 12.2. The Morgan fingerprint density at radius 1 is 1.35 bits per heavy atom. The molecule has 8 nitrogen and oxygen atoms in total. The number of esters is 1. The first kappa shape index (κ1) is 16.8. The van der Waals surface area contributed by atoms with Crippen molar-refractivity contribution in [2.75, 3.05) is 34.9 Å². The lowest BCUT2D eigenvalue weighted by Crippen LogP contribution is -2.21.